The molecule has 0 unspecified atom stereocenters. The molecule has 0 saturated heterocycles. The van der Waals surface area contributed by atoms with Gasteiger partial charge in [0.15, 0.2) is 0 Å². The second-order valence-electron chi connectivity index (χ2n) is 4.99. The van der Waals surface area contributed by atoms with E-state index in [0.717, 1.165) is 12.1 Å². The Morgan fingerprint density at radius 3 is 2.61 bits per heavy atom. The Morgan fingerprint density at radius 1 is 1.22 bits per heavy atom. The highest BCUT2D eigenvalue weighted by Gasteiger charge is 2.16. The van der Waals surface area contributed by atoms with Crippen LogP contribution in [-0.4, -0.2) is 37.0 Å². The summed E-state index contributed by atoms with van der Waals surface area (Å²) in [7, 11) is 1.33. The fraction of sp³-hybridized carbons (Fsp3) is 0.294. The molecule has 122 valence electrons. The molecule has 0 bridgehead atoms. The molecule has 0 atom stereocenters. The van der Waals surface area contributed by atoms with E-state index in [1.165, 1.54) is 18.4 Å². The SMILES string of the molecule is CCN(CC(=O)Nc1ccsc1C(=O)OC)Cc1ccccc1. The first-order valence-electron chi connectivity index (χ1n) is 7.36. The second-order valence-corrected chi connectivity index (χ2v) is 5.91. The average Bonchev–Trinajstić information content (AvgIpc) is 3.02. The molecule has 1 amide bonds. The predicted octanol–water partition coefficient (Wildman–Crippen LogP) is 3.00. The van der Waals surface area contributed by atoms with E-state index in [1.54, 1.807) is 11.4 Å². The molecule has 1 aromatic heterocycles. The largest absolute Gasteiger partial charge is 0.465 e. The van der Waals surface area contributed by atoms with Gasteiger partial charge in [-0.25, -0.2) is 4.79 Å². The predicted molar refractivity (Wildman–Crippen MR) is 91.7 cm³/mol. The highest BCUT2D eigenvalue weighted by molar-refractivity contribution is 7.12. The summed E-state index contributed by atoms with van der Waals surface area (Å²) in [5.74, 6) is -0.585. The first-order chi connectivity index (χ1) is 11.1. The monoisotopic (exact) mass is 332 g/mol. The van der Waals surface area contributed by atoms with Gasteiger partial charge in [0.1, 0.15) is 4.88 Å². The third-order valence-electron chi connectivity index (χ3n) is 3.37. The van der Waals surface area contributed by atoms with Crippen molar-refractivity contribution in [3.8, 4) is 0 Å². The van der Waals surface area contributed by atoms with Crippen molar-refractivity contribution >= 4 is 28.9 Å². The number of amides is 1. The van der Waals surface area contributed by atoms with E-state index >= 15 is 0 Å². The number of hydrogen-bond donors (Lipinski definition) is 1. The van der Waals surface area contributed by atoms with E-state index in [-0.39, 0.29) is 12.5 Å². The van der Waals surface area contributed by atoms with Gasteiger partial charge in [-0.2, -0.15) is 0 Å². The van der Waals surface area contributed by atoms with Crippen LogP contribution >= 0.6 is 11.3 Å². The molecule has 0 spiro atoms. The van der Waals surface area contributed by atoms with Crippen molar-refractivity contribution in [2.75, 3.05) is 25.5 Å². The fourth-order valence-electron chi connectivity index (χ4n) is 2.17. The molecule has 0 radical (unpaired) electrons. The molecule has 0 saturated carbocycles. The number of likely N-dealkylation sites (N-methyl/N-ethyl adjacent to an activating group) is 1. The fourth-order valence-corrected chi connectivity index (χ4v) is 2.94. The molecular weight excluding hydrogens is 312 g/mol. The van der Waals surface area contributed by atoms with Gasteiger partial charge in [0, 0.05) is 6.54 Å². The number of ether oxygens (including phenoxy) is 1. The average molecular weight is 332 g/mol. The Hall–Kier alpha value is -2.18. The first kappa shape index (κ1) is 17.2. The molecule has 23 heavy (non-hydrogen) atoms. The number of hydrogen-bond acceptors (Lipinski definition) is 5. The minimum atomic E-state index is -0.438. The topological polar surface area (TPSA) is 58.6 Å². The van der Waals surface area contributed by atoms with Gasteiger partial charge in [0.25, 0.3) is 0 Å². The van der Waals surface area contributed by atoms with Crippen molar-refractivity contribution in [3.63, 3.8) is 0 Å². The minimum absolute atomic E-state index is 0.147. The highest BCUT2D eigenvalue weighted by Crippen LogP contribution is 2.23. The van der Waals surface area contributed by atoms with E-state index in [1.807, 2.05) is 42.2 Å². The number of benzene rings is 1. The standard InChI is InChI=1S/C17H20N2O3S/c1-3-19(11-13-7-5-4-6-8-13)12-15(20)18-14-9-10-23-16(14)17(21)22-2/h4-10H,3,11-12H2,1-2H3,(H,18,20). The Kier molecular flexibility index (Phi) is 6.31. The summed E-state index contributed by atoms with van der Waals surface area (Å²) in [6, 6.07) is 11.7. The third kappa shape index (κ3) is 4.91. The summed E-state index contributed by atoms with van der Waals surface area (Å²) in [5.41, 5.74) is 1.66. The van der Waals surface area contributed by atoms with Crippen LogP contribution in [0.25, 0.3) is 0 Å². The van der Waals surface area contributed by atoms with Gasteiger partial charge < -0.3 is 10.1 Å². The van der Waals surface area contributed by atoms with Crippen LogP contribution in [0.5, 0.6) is 0 Å². The number of thiophene rings is 1. The molecule has 1 N–H and O–H groups in total. The summed E-state index contributed by atoms with van der Waals surface area (Å²) in [5, 5.41) is 4.54. The number of carbonyl (C=O) groups is 2. The van der Waals surface area contributed by atoms with Gasteiger partial charge in [0.2, 0.25) is 5.91 Å². The molecule has 0 aliphatic heterocycles. The van der Waals surface area contributed by atoms with Crippen LogP contribution in [0.3, 0.4) is 0 Å². The Morgan fingerprint density at radius 2 is 1.96 bits per heavy atom. The molecule has 2 rings (SSSR count). The number of methoxy groups -OCH3 is 1. The summed E-state index contributed by atoms with van der Waals surface area (Å²) in [6.45, 7) is 3.75. The van der Waals surface area contributed by atoms with Crippen molar-refractivity contribution in [1.82, 2.24) is 4.90 Å². The van der Waals surface area contributed by atoms with Crippen molar-refractivity contribution in [3.05, 3.63) is 52.2 Å². The molecule has 5 nitrogen and oxygen atoms in total. The summed E-state index contributed by atoms with van der Waals surface area (Å²) < 4.78 is 4.71. The second kappa shape index (κ2) is 8.45. The van der Waals surface area contributed by atoms with Crippen molar-refractivity contribution < 1.29 is 14.3 Å². The van der Waals surface area contributed by atoms with E-state index < -0.39 is 5.97 Å². The number of carbonyl (C=O) groups excluding carboxylic acids is 2. The van der Waals surface area contributed by atoms with Gasteiger partial charge in [-0.05, 0) is 23.6 Å². The first-order valence-corrected chi connectivity index (χ1v) is 8.24. The van der Waals surface area contributed by atoms with Gasteiger partial charge >= 0.3 is 5.97 Å². The number of esters is 1. The van der Waals surface area contributed by atoms with Gasteiger partial charge in [-0.3, -0.25) is 9.69 Å². The molecule has 0 aliphatic rings. The van der Waals surface area contributed by atoms with Crippen molar-refractivity contribution in [2.24, 2.45) is 0 Å². The number of nitrogens with one attached hydrogen (secondary N) is 1. The van der Waals surface area contributed by atoms with Gasteiger partial charge in [-0.1, -0.05) is 37.3 Å². The van der Waals surface area contributed by atoms with Crippen LogP contribution in [0.15, 0.2) is 41.8 Å². The number of nitrogens with zero attached hydrogens (tertiary/aromatic N) is 1. The molecule has 1 heterocycles. The zero-order valence-electron chi connectivity index (χ0n) is 13.2. The van der Waals surface area contributed by atoms with Crippen LogP contribution in [0.1, 0.15) is 22.2 Å². The normalized spacial score (nSPS) is 10.6. The smallest absolute Gasteiger partial charge is 0.350 e. The van der Waals surface area contributed by atoms with Crippen LogP contribution < -0.4 is 5.32 Å². The van der Waals surface area contributed by atoms with E-state index in [0.29, 0.717) is 17.1 Å². The Balaban J connectivity index is 1.95. The molecule has 1 aromatic carbocycles. The van der Waals surface area contributed by atoms with Crippen molar-refractivity contribution in [1.29, 1.82) is 0 Å². The number of anilines is 1. The molecule has 2 aromatic rings. The summed E-state index contributed by atoms with van der Waals surface area (Å²) in [6.07, 6.45) is 0. The lowest BCUT2D eigenvalue weighted by atomic mass is 10.2. The molecule has 0 aliphatic carbocycles. The van der Waals surface area contributed by atoms with E-state index in [4.69, 9.17) is 4.74 Å². The van der Waals surface area contributed by atoms with Gasteiger partial charge in [-0.15, -0.1) is 11.3 Å². The molecular formula is C17H20N2O3S. The summed E-state index contributed by atoms with van der Waals surface area (Å²) >= 11 is 1.25. The zero-order chi connectivity index (χ0) is 16.7. The summed E-state index contributed by atoms with van der Waals surface area (Å²) in [4.78, 5) is 26.3. The third-order valence-corrected chi connectivity index (χ3v) is 4.27. The molecule has 0 fully saturated rings. The Bertz CT molecular complexity index is 655. The minimum Gasteiger partial charge on any atom is -0.465 e. The van der Waals surface area contributed by atoms with Crippen molar-refractivity contribution in [2.45, 2.75) is 13.5 Å². The Labute approximate surface area is 139 Å². The van der Waals surface area contributed by atoms with E-state index in [9.17, 15) is 9.59 Å². The highest BCUT2D eigenvalue weighted by atomic mass is 32.1. The maximum atomic E-state index is 12.2. The maximum absolute atomic E-state index is 12.2. The quantitative estimate of drug-likeness (QED) is 0.792. The van der Waals surface area contributed by atoms with Crippen LogP contribution in [0, 0.1) is 0 Å². The van der Waals surface area contributed by atoms with E-state index in [2.05, 4.69) is 5.32 Å². The zero-order valence-corrected chi connectivity index (χ0v) is 14.1. The van der Waals surface area contributed by atoms with Crippen LogP contribution in [0.4, 0.5) is 5.69 Å². The lowest BCUT2D eigenvalue weighted by molar-refractivity contribution is -0.117. The number of rotatable bonds is 7. The van der Waals surface area contributed by atoms with Crippen LogP contribution in [0.2, 0.25) is 0 Å². The lowest BCUT2D eigenvalue weighted by Crippen LogP contribution is -2.32. The molecule has 6 heteroatoms. The van der Waals surface area contributed by atoms with Gasteiger partial charge in [0.05, 0.1) is 19.3 Å². The van der Waals surface area contributed by atoms with Crippen LogP contribution in [-0.2, 0) is 16.1 Å². The lowest BCUT2D eigenvalue weighted by Gasteiger charge is -2.19. The maximum Gasteiger partial charge on any atom is 0.350 e.